The number of carbonyl (C=O) groups is 1. The third kappa shape index (κ3) is 3.47. The van der Waals surface area contributed by atoms with Crippen LogP contribution >= 0.6 is 0 Å². The molecule has 0 saturated heterocycles. The van der Waals surface area contributed by atoms with Gasteiger partial charge in [-0.2, -0.15) is 10.2 Å². The van der Waals surface area contributed by atoms with E-state index in [1.54, 1.807) is 6.07 Å². The van der Waals surface area contributed by atoms with Crippen molar-refractivity contribution in [3.63, 3.8) is 0 Å². The summed E-state index contributed by atoms with van der Waals surface area (Å²) in [6.45, 7) is 9.38. The van der Waals surface area contributed by atoms with Gasteiger partial charge in [-0.05, 0) is 32.8 Å². The molecule has 0 aromatic carbocycles. The largest absolute Gasteiger partial charge is 0.384 e. The van der Waals surface area contributed by atoms with Gasteiger partial charge in [0.1, 0.15) is 12.4 Å². The second-order valence-corrected chi connectivity index (χ2v) is 5.44. The van der Waals surface area contributed by atoms with E-state index in [0.29, 0.717) is 18.9 Å². The summed E-state index contributed by atoms with van der Waals surface area (Å²) in [6.07, 6.45) is 0.974. The quantitative estimate of drug-likeness (QED) is 0.832. The first-order valence-corrected chi connectivity index (χ1v) is 7.51. The minimum Gasteiger partial charge on any atom is -0.384 e. The van der Waals surface area contributed by atoms with Crippen LogP contribution in [0.2, 0.25) is 0 Å². The number of rotatable bonds is 6. The van der Waals surface area contributed by atoms with E-state index in [9.17, 15) is 4.79 Å². The molecule has 0 saturated carbocycles. The topological polar surface area (TPSA) is 90.8 Å². The fourth-order valence-electron chi connectivity index (χ4n) is 2.65. The van der Waals surface area contributed by atoms with E-state index in [4.69, 9.17) is 5.73 Å². The Balaban J connectivity index is 1.86. The highest BCUT2D eigenvalue weighted by Gasteiger charge is 2.10. The normalized spacial score (nSPS) is 10.9. The molecule has 0 spiro atoms. The molecule has 3 N–H and O–H groups in total. The van der Waals surface area contributed by atoms with Crippen LogP contribution in [0.5, 0.6) is 0 Å². The van der Waals surface area contributed by atoms with Crippen LogP contribution in [-0.4, -0.2) is 32.0 Å². The van der Waals surface area contributed by atoms with Crippen molar-refractivity contribution in [2.45, 2.75) is 47.2 Å². The third-order valence-corrected chi connectivity index (χ3v) is 3.76. The number of aromatic nitrogens is 4. The fourth-order valence-corrected chi connectivity index (χ4v) is 2.65. The molecule has 0 fully saturated rings. The minimum absolute atomic E-state index is 0.105. The van der Waals surface area contributed by atoms with Crippen LogP contribution in [0.4, 0.5) is 5.82 Å². The van der Waals surface area contributed by atoms with Crippen molar-refractivity contribution < 1.29 is 4.79 Å². The molecule has 0 bridgehead atoms. The molecule has 2 rings (SSSR count). The number of aryl methyl sites for hydroxylation is 2. The maximum atomic E-state index is 11.9. The fraction of sp³-hybridized carbons (Fsp3) is 0.533. The molecule has 7 heteroatoms. The van der Waals surface area contributed by atoms with E-state index in [2.05, 4.69) is 29.4 Å². The van der Waals surface area contributed by atoms with Gasteiger partial charge >= 0.3 is 0 Å². The lowest BCUT2D eigenvalue weighted by atomic mass is 10.1. The number of nitrogens with one attached hydrogen (secondary N) is 1. The summed E-state index contributed by atoms with van der Waals surface area (Å²) in [5, 5.41) is 11.6. The van der Waals surface area contributed by atoms with Crippen LogP contribution in [0.1, 0.15) is 29.6 Å². The van der Waals surface area contributed by atoms with Gasteiger partial charge in [-0.25, -0.2) is 4.68 Å². The third-order valence-electron chi connectivity index (χ3n) is 3.76. The molecule has 2 heterocycles. The Kier molecular flexibility index (Phi) is 4.85. The van der Waals surface area contributed by atoms with Gasteiger partial charge in [0.25, 0.3) is 0 Å². The lowest BCUT2D eigenvalue weighted by Gasteiger charge is -2.08. The van der Waals surface area contributed by atoms with Crippen molar-refractivity contribution in [1.29, 1.82) is 0 Å². The van der Waals surface area contributed by atoms with E-state index in [1.807, 2.05) is 18.5 Å². The average Bonchev–Trinajstić information content (AvgIpc) is 2.89. The summed E-state index contributed by atoms with van der Waals surface area (Å²) in [4.78, 5) is 11.9. The Morgan fingerprint density at radius 1 is 1.27 bits per heavy atom. The summed E-state index contributed by atoms with van der Waals surface area (Å²) in [5.74, 6) is 0.394. The second-order valence-electron chi connectivity index (χ2n) is 5.44. The highest BCUT2D eigenvalue weighted by atomic mass is 16.2. The zero-order valence-electron chi connectivity index (χ0n) is 13.7. The smallest absolute Gasteiger partial charge is 0.241 e. The van der Waals surface area contributed by atoms with Gasteiger partial charge in [0, 0.05) is 18.3 Å². The second kappa shape index (κ2) is 6.64. The van der Waals surface area contributed by atoms with Crippen molar-refractivity contribution in [3.05, 3.63) is 28.7 Å². The summed E-state index contributed by atoms with van der Waals surface area (Å²) in [7, 11) is 0. The number of carbonyl (C=O) groups excluding carboxylic acids is 1. The summed E-state index contributed by atoms with van der Waals surface area (Å²) in [5.41, 5.74) is 10.1. The molecule has 120 valence electrons. The first kappa shape index (κ1) is 16.1. The van der Waals surface area contributed by atoms with E-state index in [0.717, 1.165) is 17.8 Å². The maximum Gasteiger partial charge on any atom is 0.241 e. The van der Waals surface area contributed by atoms with Crippen molar-refractivity contribution in [2.75, 3.05) is 12.3 Å². The number of hydrogen-bond acceptors (Lipinski definition) is 4. The molecule has 1 amide bonds. The van der Waals surface area contributed by atoms with Gasteiger partial charge in [0.05, 0.1) is 17.9 Å². The number of anilines is 1. The number of nitrogen functional groups attached to an aromatic ring is 1. The summed E-state index contributed by atoms with van der Waals surface area (Å²) in [6, 6.07) is 1.75. The van der Waals surface area contributed by atoms with Crippen molar-refractivity contribution >= 4 is 11.7 Å². The van der Waals surface area contributed by atoms with Crippen LogP contribution in [-0.2, 0) is 24.3 Å². The van der Waals surface area contributed by atoms with Crippen molar-refractivity contribution in [3.8, 4) is 0 Å². The minimum atomic E-state index is -0.105. The van der Waals surface area contributed by atoms with E-state index >= 15 is 0 Å². The van der Waals surface area contributed by atoms with Crippen molar-refractivity contribution in [1.82, 2.24) is 24.9 Å². The van der Waals surface area contributed by atoms with Gasteiger partial charge in [-0.15, -0.1) is 0 Å². The van der Waals surface area contributed by atoms with E-state index < -0.39 is 0 Å². The first-order chi connectivity index (χ1) is 10.4. The van der Waals surface area contributed by atoms with E-state index in [-0.39, 0.29) is 12.5 Å². The van der Waals surface area contributed by atoms with Crippen LogP contribution in [0, 0.1) is 20.8 Å². The predicted octanol–water partition coefficient (Wildman–Crippen LogP) is 0.966. The first-order valence-electron chi connectivity index (χ1n) is 7.51. The van der Waals surface area contributed by atoms with Crippen LogP contribution in [0.15, 0.2) is 6.07 Å². The van der Waals surface area contributed by atoms with Crippen molar-refractivity contribution in [2.24, 2.45) is 0 Å². The Morgan fingerprint density at radius 2 is 2.00 bits per heavy atom. The molecule has 0 atom stereocenters. The lowest BCUT2D eigenvalue weighted by molar-refractivity contribution is -0.121. The molecule has 0 aliphatic carbocycles. The summed E-state index contributed by atoms with van der Waals surface area (Å²) < 4.78 is 3.45. The Labute approximate surface area is 130 Å². The zero-order valence-corrected chi connectivity index (χ0v) is 13.7. The number of nitrogens with zero attached hydrogens (tertiary/aromatic N) is 4. The monoisotopic (exact) mass is 304 g/mol. The SMILES string of the molecule is CCc1c(C)nn(CCNC(=O)Cn2nc(C)cc2N)c1C. The predicted molar refractivity (Wildman–Crippen MR) is 85.5 cm³/mol. The van der Waals surface area contributed by atoms with Gasteiger partial charge in [0.15, 0.2) is 0 Å². The zero-order chi connectivity index (χ0) is 16.3. The standard InChI is InChI=1S/C15H24N6O/c1-5-13-11(3)19-20(12(13)4)7-6-17-15(22)9-21-14(16)8-10(2)18-21/h8H,5-7,9,16H2,1-4H3,(H,17,22). The number of amides is 1. The Bertz CT molecular complexity index is 670. The highest BCUT2D eigenvalue weighted by Crippen LogP contribution is 2.12. The molecule has 0 aliphatic rings. The molecular weight excluding hydrogens is 280 g/mol. The molecule has 2 aromatic rings. The molecule has 0 unspecified atom stereocenters. The average molecular weight is 304 g/mol. The van der Waals surface area contributed by atoms with E-state index in [1.165, 1.54) is 15.9 Å². The van der Waals surface area contributed by atoms with Crippen LogP contribution in [0.25, 0.3) is 0 Å². The molecule has 2 aromatic heterocycles. The number of nitrogens with two attached hydrogens (primary N) is 1. The highest BCUT2D eigenvalue weighted by molar-refractivity contribution is 5.76. The molecule has 0 aliphatic heterocycles. The lowest BCUT2D eigenvalue weighted by Crippen LogP contribution is -2.31. The van der Waals surface area contributed by atoms with Gasteiger partial charge in [-0.3, -0.25) is 9.48 Å². The molecule has 22 heavy (non-hydrogen) atoms. The Hall–Kier alpha value is -2.31. The molecular formula is C15H24N6O. The molecule has 0 radical (unpaired) electrons. The summed E-state index contributed by atoms with van der Waals surface area (Å²) >= 11 is 0. The van der Waals surface area contributed by atoms with Gasteiger partial charge in [-0.1, -0.05) is 6.92 Å². The number of hydrogen-bond donors (Lipinski definition) is 2. The molecule has 7 nitrogen and oxygen atoms in total. The maximum absolute atomic E-state index is 11.9. The van der Waals surface area contributed by atoms with Crippen LogP contribution in [0.3, 0.4) is 0 Å². The van der Waals surface area contributed by atoms with Crippen LogP contribution < -0.4 is 11.1 Å². The van der Waals surface area contributed by atoms with Gasteiger partial charge in [0.2, 0.25) is 5.91 Å². The van der Waals surface area contributed by atoms with Gasteiger partial charge < -0.3 is 11.1 Å². The Morgan fingerprint density at radius 3 is 2.55 bits per heavy atom.